The van der Waals surface area contributed by atoms with Gasteiger partial charge in [0.15, 0.2) is 0 Å². The molecule has 0 saturated carbocycles. The predicted molar refractivity (Wildman–Crippen MR) is 160 cm³/mol. The lowest BCUT2D eigenvalue weighted by atomic mass is 9.86. The van der Waals surface area contributed by atoms with E-state index in [0.29, 0.717) is 22.5 Å². The van der Waals surface area contributed by atoms with Crippen molar-refractivity contribution in [3.63, 3.8) is 0 Å². The summed E-state index contributed by atoms with van der Waals surface area (Å²) in [6, 6.07) is 13.0. The number of carbonyl (C=O) groups is 1. The minimum Gasteiger partial charge on any atom is -0.362 e. The smallest absolute Gasteiger partial charge is 0.266 e. The molecule has 0 spiro atoms. The number of carbonyl (C=O) groups excluding carboxylic acids is 1. The SMILES string of the molecule is CC(C)(C)c1ccnc(C(CCC2CCNC2)Nc2cccc(SNC(=O)c3ccc(C(C)(C)C)nc3F)n2)c1. The van der Waals surface area contributed by atoms with Gasteiger partial charge in [-0.2, -0.15) is 4.39 Å². The van der Waals surface area contributed by atoms with Gasteiger partial charge in [0.2, 0.25) is 5.95 Å². The molecule has 1 saturated heterocycles. The third-order valence-electron chi connectivity index (χ3n) is 7.19. The molecule has 3 N–H and O–H groups in total. The number of halogens is 1. The average molecular weight is 565 g/mol. The predicted octanol–water partition coefficient (Wildman–Crippen LogP) is 6.59. The third-order valence-corrected chi connectivity index (χ3v) is 7.91. The van der Waals surface area contributed by atoms with Crippen LogP contribution in [0.2, 0.25) is 0 Å². The van der Waals surface area contributed by atoms with E-state index in [1.165, 1.54) is 18.1 Å². The second-order valence-corrected chi connectivity index (χ2v) is 13.4. The first-order valence-electron chi connectivity index (χ1n) is 13.9. The molecule has 0 bridgehead atoms. The summed E-state index contributed by atoms with van der Waals surface area (Å²) in [7, 11) is 0. The van der Waals surface area contributed by atoms with Crippen molar-refractivity contribution in [2.24, 2.45) is 5.92 Å². The second-order valence-electron chi connectivity index (χ2n) is 12.5. The first-order valence-corrected chi connectivity index (χ1v) is 14.8. The topological polar surface area (TPSA) is 91.8 Å². The van der Waals surface area contributed by atoms with Gasteiger partial charge < -0.3 is 10.6 Å². The van der Waals surface area contributed by atoms with Gasteiger partial charge >= 0.3 is 0 Å². The number of nitrogens with zero attached hydrogens (tertiary/aromatic N) is 3. The van der Waals surface area contributed by atoms with Crippen molar-refractivity contribution >= 4 is 23.7 Å². The van der Waals surface area contributed by atoms with Gasteiger partial charge in [-0.05, 0) is 85.6 Å². The monoisotopic (exact) mass is 564 g/mol. The molecule has 1 amide bonds. The van der Waals surface area contributed by atoms with Gasteiger partial charge in [0, 0.05) is 29.3 Å². The van der Waals surface area contributed by atoms with Gasteiger partial charge in [0.05, 0.1) is 17.3 Å². The first-order chi connectivity index (χ1) is 18.9. The molecule has 2 unspecified atom stereocenters. The molecule has 0 aliphatic carbocycles. The number of rotatable bonds is 9. The molecule has 4 heterocycles. The van der Waals surface area contributed by atoms with Crippen LogP contribution in [0.1, 0.15) is 94.2 Å². The van der Waals surface area contributed by atoms with Crippen LogP contribution < -0.4 is 15.4 Å². The lowest BCUT2D eigenvalue weighted by molar-refractivity contribution is 0.0979. The average Bonchev–Trinajstić information content (AvgIpc) is 3.43. The van der Waals surface area contributed by atoms with Crippen LogP contribution in [-0.2, 0) is 10.8 Å². The molecule has 0 aromatic carbocycles. The van der Waals surface area contributed by atoms with Gasteiger partial charge in [0.1, 0.15) is 10.8 Å². The highest BCUT2D eigenvalue weighted by molar-refractivity contribution is 7.97. The minimum absolute atomic E-state index is 0.00765. The maximum atomic E-state index is 14.6. The highest BCUT2D eigenvalue weighted by Gasteiger charge is 2.23. The van der Waals surface area contributed by atoms with Crippen LogP contribution in [0.5, 0.6) is 0 Å². The van der Waals surface area contributed by atoms with Gasteiger partial charge in [0.25, 0.3) is 5.91 Å². The molecule has 1 aliphatic heterocycles. The highest BCUT2D eigenvalue weighted by atomic mass is 32.2. The van der Waals surface area contributed by atoms with E-state index in [4.69, 9.17) is 9.97 Å². The van der Waals surface area contributed by atoms with Crippen molar-refractivity contribution < 1.29 is 9.18 Å². The van der Waals surface area contributed by atoms with Crippen LogP contribution in [0.4, 0.5) is 10.2 Å². The third kappa shape index (κ3) is 8.01. The highest BCUT2D eigenvalue weighted by Crippen LogP contribution is 2.30. The van der Waals surface area contributed by atoms with Gasteiger partial charge in [-0.15, -0.1) is 0 Å². The zero-order chi connectivity index (χ0) is 28.9. The van der Waals surface area contributed by atoms with Crippen molar-refractivity contribution in [1.82, 2.24) is 25.0 Å². The second kappa shape index (κ2) is 12.6. The van der Waals surface area contributed by atoms with Crippen LogP contribution in [-0.4, -0.2) is 33.9 Å². The summed E-state index contributed by atoms with van der Waals surface area (Å²) >= 11 is 1.05. The summed E-state index contributed by atoms with van der Waals surface area (Å²) in [5.41, 5.74) is 2.44. The van der Waals surface area contributed by atoms with Crippen LogP contribution in [0.25, 0.3) is 0 Å². The summed E-state index contributed by atoms with van der Waals surface area (Å²) in [6.45, 7) is 14.6. The molecular formula is C31H41FN6OS. The standard InChI is InChI=1S/C31H41FN6OS/c1-30(2,3)21-15-17-34-24(18-21)23(12-10-20-14-16-33-19-20)35-26-8-7-9-27(37-26)40-38-29(39)22-11-13-25(31(4,5)6)36-28(22)32/h7-9,11,13,15,17-18,20,23,33H,10,12,14,16,19H2,1-6H3,(H,35,37)(H,38,39). The Bertz CT molecular complexity index is 1310. The number of nitrogens with one attached hydrogen (secondary N) is 3. The number of aromatic nitrogens is 3. The number of amides is 1. The van der Waals surface area contributed by atoms with E-state index in [9.17, 15) is 9.18 Å². The summed E-state index contributed by atoms with van der Waals surface area (Å²) < 4.78 is 17.3. The molecular weight excluding hydrogens is 523 g/mol. The number of hydrogen-bond donors (Lipinski definition) is 3. The summed E-state index contributed by atoms with van der Waals surface area (Å²) in [5, 5.41) is 7.64. The summed E-state index contributed by atoms with van der Waals surface area (Å²) in [5.74, 6) is 0.0210. The number of pyridine rings is 3. The Kier molecular flexibility index (Phi) is 9.46. The Hall–Kier alpha value is -3.04. The molecule has 0 radical (unpaired) electrons. The van der Waals surface area contributed by atoms with Crippen LogP contribution >= 0.6 is 11.9 Å². The van der Waals surface area contributed by atoms with Crippen LogP contribution in [0.3, 0.4) is 0 Å². The van der Waals surface area contributed by atoms with Gasteiger partial charge in [-0.25, -0.2) is 9.97 Å². The molecule has 1 aliphatic rings. The number of hydrogen-bond acceptors (Lipinski definition) is 7. The Labute approximate surface area is 241 Å². The van der Waals surface area contributed by atoms with Crippen LogP contribution in [0.15, 0.2) is 53.7 Å². The molecule has 214 valence electrons. The molecule has 7 nitrogen and oxygen atoms in total. The van der Waals surface area contributed by atoms with E-state index in [1.54, 1.807) is 6.07 Å². The van der Waals surface area contributed by atoms with E-state index < -0.39 is 11.9 Å². The fourth-order valence-corrected chi connectivity index (χ4v) is 5.27. The fourth-order valence-electron chi connectivity index (χ4n) is 4.67. The van der Waals surface area contributed by atoms with Crippen molar-refractivity contribution in [2.45, 2.75) is 82.7 Å². The first kappa shape index (κ1) is 29.9. The lowest BCUT2D eigenvalue weighted by Crippen LogP contribution is -2.21. The molecule has 3 aromatic heterocycles. The zero-order valence-electron chi connectivity index (χ0n) is 24.3. The van der Waals surface area contributed by atoms with Crippen LogP contribution in [0, 0.1) is 11.9 Å². The maximum absolute atomic E-state index is 14.6. The van der Waals surface area contributed by atoms with Crippen molar-refractivity contribution in [3.8, 4) is 0 Å². The molecule has 1 fully saturated rings. The van der Waals surface area contributed by atoms with E-state index >= 15 is 0 Å². The summed E-state index contributed by atoms with van der Waals surface area (Å²) in [4.78, 5) is 26.1. The largest absolute Gasteiger partial charge is 0.362 e. The molecule has 3 aromatic rings. The van der Waals surface area contributed by atoms with Gasteiger partial charge in [-0.3, -0.25) is 14.5 Å². The maximum Gasteiger partial charge on any atom is 0.266 e. The van der Waals surface area contributed by atoms with Crippen molar-refractivity contribution in [1.29, 1.82) is 0 Å². The minimum atomic E-state index is -0.779. The molecule has 40 heavy (non-hydrogen) atoms. The summed E-state index contributed by atoms with van der Waals surface area (Å²) in [6.07, 6.45) is 5.10. The van der Waals surface area contributed by atoms with Crippen molar-refractivity contribution in [2.75, 3.05) is 18.4 Å². The Morgan fingerprint density at radius 1 is 1.10 bits per heavy atom. The Morgan fingerprint density at radius 2 is 1.90 bits per heavy atom. The normalized spacial score (nSPS) is 16.5. The van der Waals surface area contributed by atoms with E-state index in [1.807, 2.05) is 45.2 Å². The fraction of sp³-hybridized carbons (Fsp3) is 0.484. The van der Waals surface area contributed by atoms with E-state index in [-0.39, 0.29) is 22.4 Å². The Morgan fingerprint density at radius 3 is 2.58 bits per heavy atom. The van der Waals surface area contributed by atoms with Crippen molar-refractivity contribution in [3.05, 3.63) is 77.1 Å². The Balaban J connectivity index is 1.46. The zero-order valence-corrected chi connectivity index (χ0v) is 25.2. The number of anilines is 1. The quantitative estimate of drug-likeness (QED) is 0.200. The van der Waals surface area contributed by atoms with Gasteiger partial charge in [-0.1, -0.05) is 47.6 Å². The van der Waals surface area contributed by atoms with E-state index in [0.717, 1.165) is 43.6 Å². The molecule has 4 rings (SSSR count). The molecule has 9 heteroatoms. The van der Waals surface area contributed by atoms with E-state index in [2.05, 4.69) is 53.2 Å². The molecule has 2 atom stereocenters. The lowest BCUT2D eigenvalue weighted by Gasteiger charge is -2.24.